The summed E-state index contributed by atoms with van der Waals surface area (Å²) in [6.07, 6.45) is 0. The molecule has 10 aromatic rings. The zero-order valence-corrected chi connectivity index (χ0v) is 25.6. The Morgan fingerprint density at radius 2 is 1.00 bits per heavy atom. The van der Waals surface area contributed by atoms with Crippen LogP contribution in [-0.4, -0.2) is 15.0 Å². The van der Waals surface area contributed by atoms with Crippen molar-refractivity contribution in [1.82, 2.24) is 15.0 Å². The number of nitrogens with zero attached hydrogens (tertiary/aromatic N) is 3. The lowest BCUT2D eigenvalue weighted by Gasteiger charge is -2.09. The molecule has 0 aliphatic carbocycles. The van der Waals surface area contributed by atoms with Crippen molar-refractivity contribution in [2.45, 2.75) is 0 Å². The summed E-state index contributed by atoms with van der Waals surface area (Å²) in [5.74, 6) is 1.85. The maximum Gasteiger partial charge on any atom is 0.164 e. The van der Waals surface area contributed by atoms with E-state index in [-0.39, 0.29) is 0 Å². The van der Waals surface area contributed by atoms with Crippen molar-refractivity contribution in [3.8, 4) is 45.3 Å². The van der Waals surface area contributed by atoms with Crippen LogP contribution in [-0.2, 0) is 0 Å². The monoisotopic (exact) mass is 615 g/mol. The van der Waals surface area contributed by atoms with Crippen LogP contribution in [0.2, 0.25) is 0 Å². The molecule has 0 N–H and O–H groups in total. The van der Waals surface area contributed by atoms with Crippen LogP contribution in [0.3, 0.4) is 0 Å². The summed E-state index contributed by atoms with van der Waals surface area (Å²) >= 11 is 0. The second kappa shape index (κ2) is 10.5. The van der Waals surface area contributed by atoms with E-state index in [0.29, 0.717) is 17.5 Å². The fourth-order valence-corrected chi connectivity index (χ4v) is 6.90. The van der Waals surface area contributed by atoms with Crippen molar-refractivity contribution in [3.63, 3.8) is 0 Å². The Morgan fingerprint density at radius 3 is 1.79 bits per heavy atom. The molecule has 0 atom stereocenters. The van der Waals surface area contributed by atoms with E-state index in [0.717, 1.165) is 82.5 Å². The van der Waals surface area contributed by atoms with Gasteiger partial charge in [-0.1, -0.05) is 121 Å². The highest BCUT2D eigenvalue weighted by Gasteiger charge is 2.19. The maximum atomic E-state index is 6.56. The summed E-state index contributed by atoms with van der Waals surface area (Å²) in [5, 5.41) is 6.43. The lowest BCUT2D eigenvalue weighted by atomic mass is 9.95. The molecule has 0 bridgehead atoms. The van der Waals surface area contributed by atoms with Crippen LogP contribution in [0.15, 0.2) is 160 Å². The normalized spacial score (nSPS) is 11.8. The molecule has 0 radical (unpaired) electrons. The molecule has 0 aliphatic rings. The Bertz CT molecular complexity index is 2780. The molecule has 3 heterocycles. The van der Waals surface area contributed by atoms with E-state index < -0.39 is 0 Å². The van der Waals surface area contributed by atoms with Gasteiger partial charge in [0.2, 0.25) is 0 Å². The maximum absolute atomic E-state index is 6.56. The third kappa shape index (κ3) is 4.15. The van der Waals surface area contributed by atoms with Crippen LogP contribution in [0.4, 0.5) is 0 Å². The molecule has 0 aliphatic heterocycles. The molecule has 5 heteroatoms. The van der Waals surface area contributed by atoms with E-state index in [2.05, 4.69) is 66.7 Å². The van der Waals surface area contributed by atoms with Crippen molar-refractivity contribution < 1.29 is 8.83 Å². The van der Waals surface area contributed by atoms with Crippen LogP contribution in [0.25, 0.3) is 99.9 Å². The van der Waals surface area contributed by atoms with Gasteiger partial charge in [-0.2, -0.15) is 0 Å². The molecular formula is C43H25N3O2. The lowest BCUT2D eigenvalue weighted by Crippen LogP contribution is -2.00. The molecular weight excluding hydrogens is 590 g/mol. The lowest BCUT2D eigenvalue weighted by molar-refractivity contribution is 0.669. The first-order valence-corrected chi connectivity index (χ1v) is 15.9. The summed E-state index contributed by atoms with van der Waals surface area (Å²) in [6.45, 7) is 0. The summed E-state index contributed by atoms with van der Waals surface area (Å²) < 4.78 is 13.0. The van der Waals surface area contributed by atoms with Crippen LogP contribution < -0.4 is 0 Å². The number of para-hydroxylation sites is 1. The molecule has 0 amide bonds. The number of aromatic nitrogens is 3. The summed E-state index contributed by atoms with van der Waals surface area (Å²) in [5.41, 5.74) is 8.27. The second-order valence-corrected chi connectivity index (χ2v) is 12.0. The number of hydrogen-bond acceptors (Lipinski definition) is 5. The van der Waals surface area contributed by atoms with Gasteiger partial charge >= 0.3 is 0 Å². The van der Waals surface area contributed by atoms with Gasteiger partial charge in [-0.15, -0.1) is 0 Å². The average molecular weight is 616 g/mol. The summed E-state index contributed by atoms with van der Waals surface area (Å²) in [4.78, 5) is 14.9. The Kier molecular flexibility index (Phi) is 5.81. The molecule has 48 heavy (non-hydrogen) atoms. The van der Waals surface area contributed by atoms with Gasteiger partial charge in [0.05, 0.1) is 0 Å². The van der Waals surface area contributed by atoms with E-state index in [1.54, 1.807) is 0 Å². The minimum Gasteiger partial charge on any atom is -0.456 e. The second-order valence-electron chi connectivity index (χ2n) is 12.0. The van der Waals surface area contributed by atoms with Gasteiger partial charge < -0.3 is 8.83 Å². The number of fused-ring (bicyclic) bond motifs is 8. The van der Waals surface area contributed by atoms with Gasteiger partial charge in [-0.05, 0) is 46.8 Å². The Labute approximate surface area is 274 Å². The van der Waals surface area contributed by atoms with Gasteiger partial charge in [0.1, 0.15) is 22.3 Å². The molecule has 224 valence electrons. The van der Waals surface area contributed by atoms with Crippen molar-refractivity contribution in [2.24, 2.45) is 0 Å². The smallest absolute Gasteiger partial charge is 0.164 e. The molecule has 5 nitrogen and oxygen atoms in total. The first-order chi connectivity index (χ1) is 23.8. The predicted molar refractivity (Wildman–Crippen MR) is 194 cm³/mol. The van der Waals surface area contributed by atoms with Gasteiger partial charge in [0, 0.05) is 43.6 Å². The number of furan rings is 2. The number of benzene rings is 7. The van der Waals surface area contributed by atoms with Gasteiger partial charge in [0.25, 0.3) is 0 Å². The average Bonchev–Trinajstić information content (AvgIpc) is 3.73. The molecule has 0 fully saturated rings. The third-order valence-electron chi connectivity index (χ3n) is 9.14. The number of hydrogen-bond donors (Lipinski definition) is 0. The molecule has 0 saturated carbocycles. The zero-order valence-electron chi connectivity index (χ0n) is 25.6. The predicted octanol–water partition coefficient (Wildman–Crippen LogP) is 11.5. The zero-order chi connectivity index (χ0) is 31.6. The SMILES string of the molecule is c1ccc(-c2nc(-c3ccccc3)nc(-c3cccc4oc5cc(-c6cccc7ccc8c9ccccc9oc8c67)ccc5c34)n2)cc1. The van der Waals surface area contributed by atoms with Crippen LogP contribution in [0, 0.1) is 0 Å². The summed E-state index contributed by atoms with van der Waals surface area (Å²) in [7, 11) is 0. The standard InChI is InChI=1S/C43H25N3O2/c1-3-11-27(12-4-1)41-44-42(28-13-5-2-6-14-28)46-43(45-41)34-18-10-20-36-39(34)33-24-22-29(25-37(33)47-36)30-17-9-15-26-21-23-32-31-16-7-8-19-35(31)48-40(32)38(26)30/h1-25H. The van der Waals surface area contributed by atoms with Crippen LogP contribution >= 0.6 is 0 Å². The third-order valence-corrected chi connectivity index (χ3v) is 9.14. The first kappa shape index (κ1) is 26.6. The Morgan fingerprint density at radius 1 is 0.354 bits per heavy atom. The highest BCUT2D eigenvalue weighted by molar-refractivity contribution is 6.19. The highest BCUT2D eigenvalue weighted by Crippen LogP contribution is 2.42. The van der Waals surface area contributed by atoms with Gasteiger partial charge in [-0.25, -0.2) is 15.0 Å². The van der Waals surface area contributed by atoms with Crippen LogP contribution in [0.1, 0.15) is 0 Å². The van der Waals surface area contributed by atoms with Crippen molar-refractivity contribution in [2.75, 3.05) is 0 Å². The fraction of sp³-hybridized carbons (Fsp3) is 0. The van der Waals surface area contributed by atoms with Gasteiger partial charge in [-0.3, -0.25) is 0 Å². The Hall–Kier alpha value is -6.59. The molecule has 10 rings (SSSR count). The largest absolute Gasteiger partial charge is 0.456 e. The molecule has 3 aromatic heterocycles. The van der Waals surface area contributed by atoms with Crippen molar-refractivity contribution in [1.29, 1.82) is 0 Å². The van der Waals surface area contributed by atoms with E-state index in [1.807, 2.05) is 84.9 Å². The van der Waals surface area contributed by atoms with E-state index in [9.17, 15) is 0 Å². The quantitative estimate of drug-likeness (QED) is 0.197. The minimum absolute atomic E-state index is 0.599. The van der Waals surface area contributed by atoms with Crippen molar-refractivity contribution >= 4 is 54.6 Å². The topological polar surface area (TPSA) is 65.0 Å². The van der Waals surface area contributed by atoms with E-state index in [1.165, 1.54) is 0 Å². The van der Waals surface area contributed by atoms with E-state index >= 15 is 0 Å². The molecule has 7 aromatic carbocycles. The van der Waals surface area contributed by atoms with Crippen molar-refractivity contribution in [3.05, 3.63) is 152 Å². The molecule has 0 spiro atoms. The number of rotatable bonds is 4. The van der Waals surface area contributed by atoms with E-state index in [4.69, 9.17) is 23.8 Å². The molecule has 0 saturated heterocycles. The minimum atomic E-state index is 0.599. The first-order valence-electron chi connectivity index (χ1n) is 15.9. The Balaban J connectivity index is 1.17. The highest BCUT2D eigenvalue weighted by atomic mass is 16.3. The van der Waals surface area contributed by atoms with Gasteiger partial charge in [0.15, 0.2) is 17.5 Å². The fourth-order valence-electron chi connectivity index (χ4n) is 6.90. The summed E-state index contributed by atoms with van der Waals surface area (Å²) in [6, 6.07) is 51.5. The van der Waals surface area contributed by atoms with Crippen LogP contribution in [0.5, 0.6) is 0 Å². The molecule has 0 unspecified atom stereocenters.